The first-order valence-corrected chi connectivity index (χ1v) is 4.72. The van der Waals surface area contributed by atoms with Crippen LogP contribution in [0.25, 0.3) is 0 Å². The van der Waals surface area contributed by atoms with Crippen LogP contribution in [0.2, 0.25) is 0 Å². The fraction of sp³-hybridized carbons (Fsp3) is 0.333. The number of aliphatic imine (C=N–C) groups is 1. The number of sulfone groups is 1. The monoisotopic (exact) mass is 205 g/mol. The molecule has 1 heterocycles. The first-order chi connectivity index (χ1) is 6.00. The molecule has 0 aromatic heterocycles. The van der Waals surface area contributed by atoms with Gasteiger partial charge in [0.25, 0.3) is 0 Å². The molecule has 0 saturated heterocycles. The smallest absolute Gasteiger partial charge is 0.366 e. The van der Waals surface area contributed by atoms with Gasteiger partial charge in [-0.15, -0.1) is 0 Å². The highest BCUT2D eigenvalue weighted by Crippen LogP contribution is 2.17. The molecule has 0 aromatic carbocycles. The number of rotatable bonds is 3. The fourth-order valence-electron chi connectivity index (χ4n) is 0.821. The van der Waals surface area contributed by atoms with Crippen LogP contribution in [0.1, 0.15) is 0 Å². The first-order valence-electron chi connectivity index (χ1n) is 3.24. The number of ether oxygens (including phenoxy) is 1. The summed E-state index contributed by atoms with van der Waals surface area (Å²) in [6.45, 7) is -0.164. The third-order valence-electron chi connectivity index (χ3n) is 1.40. The molecule has 72 valence electrons. The van der Waals surface area contributed by atoms with Gasteiger partial charge in [0.2, 0.25) is 14.9 Å². The van der Waals surface area contributed by atoms with Crippen molar-refractivity contribution in [3.63, 3.8) is 0 Å². The number of aliphatic carboxylic acids is 1. The average molecular weight is 205 g/mol. The van der Waals surface area contributed by atoms with Gasteiger partial charge >= 0.3 is 5.97 Å². The molecule has 6 nitrogen and oxygen atoms in total. The van der Waals surface area contributed by atoms with Crippen LogP contribution < -0.4 is 0 Å². The highest BCUT2D eigenvalue weighted by Gasteiger charge is 2.34. The van der Waals surface area contributed by atoms with Gasteiger partial charge in [0.1, 0.15) is 0 Å². The lowest BCUT2D eigenvalue weighted by atomic mass is 10.6. The van der Waals surface area contributed by atoms with E-state index < -0.39 is 20.9 Å². The van der Waals surface area contributed by atoms with Gasteiger partial charge in [-0.1, -0.05) is 0 Å². The van der Waals surface area contributed by atoms with Crippen molar-refractivity contribution in [3.8, 4) is 0 Å². The number of nitrogens with zero attached hydrogens (tertiary/aromatic N) is 1. The minimum atomic E-state index is -3.90. The third kappa shape index (κ3) is 1.61. The molecule has 0 radical (unpaired) electrons. The van der Waals surface area contributed by atoms with Gasteiger partial charge in [-0.25, -0.2) is 18.2 Å². The van der Waals surface area contributed by atoms with Crippen LogP contribution in [0.4, 0.5) is 0 Å². The van der Waals surface area contributed by atoms with Crippen molar-refractivity contribution in [1.82, 2.24) is 0 Å². The Hall–Kier alpha value is -1.21. The molecule has 0 atom stereocenters. The van der Waals surface area contributed by atoms with Crippen molar-refractivity contribution in [3.05, 3.63) is 11.1 Å². The molecule has 0 amide bonds. The first kappa shape index (κ1) is 9.87. The van der Waals surface area contributed by atoms with Gasteiger partial charge in [0.05, 0.1) is 11.5 Å². The minimum absolute atomic E-state index is 0.132. The molecule has 1 aliphatic heterocycles. The second-order valence-electron chi connectivity index (χ2n) is 2.27. The van der Waals surface area contributed by atoms with E-state index in [0.717, 1.165) is 6.20 Å². The maximum atomic E-state index is 11.3. The molecular formula is C6H7NO5S. The Balaban J connectivity index is 3.02. The van der Waals surface area contributed by atoms with Crippen LogP contribution in [0.15, 0.2) is 16.1 Å². The maximum absolute atomic E-state index is 11.3. The molecule has 1 aliphatic rings. The average Bonchev–Trinajstić information content (AvgIpc) is 2.28. The Morgan fingerprint density at radius 3 is 2.69 bits per heavy atom. The van der Waals surface area contributed by atoms with Crippen LogP contribution in [-0.4, -0.2) is 38.3 Å². The van der Waals surface area contributed by atoms with E-state index in [9.17, 15) is 13.2 Å². The summed E-state index contributed by atoms with van der Waals surface area (Å²) in [7, 11) is -2.59. The molecule has 0 bridgehead atoms. The van der Waals surface area contributed by atoms with E-state index in [1.54, 1.807) is 0 Å². The predicted octanol–water partition coefficient (Wildman–Crippen LogP) is -0.614. The fourth-order valence-corrected chi connectivity index (χ4v) is 1.96. The Labute approximate surface area is 74.5 Å². The molecule has 1 rings (SSSR count). The Morgan fingerprint density at radius 2 is 2.31 bits per heavy atom. The van der Waals surface area contributed by atoms with Crippen molar-refractivity contribution in [2.45, 2.75) is 0 Å². The summed E-state index contributed by atoms with van der Waals surface area (Å²) in [6, 6.07) is 0. The van der Waals surface area contributed by atoms with Crippen molar-refractivity contribution in [1.29, 1.82) is 0 Å². The summed E-state index contributed by atoms with van der Waals surface area (Å²) >= 11 is 0. The molecule has 1 N–H and O–H groups in total. The summed E-state index contributed by atoms with van der Waals surface area (Å²) in [6.07, 6.45) is 0.988. The van der Waals surface area contributed by atoms with Gasteiger partial charge in [-0.05, 0) is 0 Å². The van der Waals surface area contributed by atoms with Crippen LogP contribution in [0, 0.1) is 0 Å². The van der Waals surface area contributed by atoms with Crippen molar-refractivity contribution < 1.29 is 23.1 Å². The molecule has 0 unspecified atom stereocenters. The predicted molar refractivity (Wildman–Crippen MR) is 43.9 cm³/mol. The number of methoxy groups -OCH3 is 1. The van der Waals surface area contributed by atoms with Gasteiger partial charge < -0.3 is 9.84 Å². The quantitative estimate of drug-likeness (QED) is 0.663. The van der Waals surface area contributed by atoms with E-state index in [-0.39, 0.29) is 11.5 Å². The van der Waals surface area contributed by atoms with E-state index in [1.807, 2.05) is 0 Å². The molecule has 0 fully saturated rings. The number of carboxylic acid groups (broad SMARTS) is 1. The number of hydrogen-bond donors (Lipinski definition) is 1. The molecule has 0 spiro atoms. The highest BCUT2D eigenvalue weighted by molar-refractivity contribution is 8.11. The van der Waals surface area contributed by atoms with Crippen molar-refractivity contribution in [2.75, 3.05) is 13.7 Å². The van der Waals surface area contributed by atoms with Crippen LogP contribution in [0.3, 0.4) is 0 Å². The lowest BCUT2D eigenvalue weighted by Gasteiger charge is -1.99. The van der Waals surface area contributed by atoms with Crippen molar-refractivity contribution >= 4 is 20.9 Å². The summed E-state index contributed by atoms with van der Waals surface area (Å²) in [5.74, 6) is -1.55. The van der Waals surface area contributed by atoms with E-state index in [1.165, 1.54) is 7.11 Å². The molecular weight excluding hydrogens is 198 g/mol. The normalized spacial score (nSPS) is 19.5. The van der Waals surface area contributed by atoms with Gasteiger partial charge in [-0.3, -0.25) is 0 Å². The zero-order valence-electron chi connectivity index (χ0n) is 6.72. The lowest BCUT2D eigenvalue weighted by Crippen LogP contribution is -2.23. The van der Waals surface area contributed by atoms with E-state index >= 15 is 0 Å². The Morgan fingerprint density at radius 1 is 1.69 bits per heavy atom. The molecule has 7 heteroatoms. The number of hydrogen-bond acceptors (Lipinski definition) is 5. The standard InChI is InChI=1S/C6H7NO5S/c1-12-3-4-2-7-5(6(8)9)13(4,10)11/h2H,3H2,1H3,(H,8,9). The third-order valence-corrected chi connectivity index (χ3v) is 3.10. The second-order valence-corrected chi connectivity index (χ2v) is 4.19. The largest absolute Gasteiger partial charge is 0.476 e. The Bertz CT molecular complexity index is 391. The summed E-state index contributed by atoms with van der Waals surface area (Å²) in [5.41, 5.74) is 0. The number of carbonyl (C=O) groups is 1. The zero-order valence-corrected chi connectivity index (χ0v) is 7.54. The van der Waals surface area contributed by atoms with Crippen LogP contribution in [0.5, 0.6) is 0 Å². The minimum Gasteiger partial charge on any atom is -0.476 e. The van der Waals surface area contributed by atoms with E-state index in [4.69, 9.17) is 5.11 Å². The summed E-state index contributed by atoms with van der Waals surface area (Å²) in [4.78, 5) is 13.5. The SMILES string of the molecule is COCC1=CN=C(C(=O)O)S1(=O)=O. The molecule has 0 saturated carbocycles. The lowest BCUT2D eigenvalue weighted by molar-refractivity contribution is -0.129. The molecule has 0 aromatic rings. The summed E-state index contributed by atoms with van der Waals surface area (Å²) in [5, 5.41) is 7.60. The van der Waals surface area contributed by atoms with Gasteiger partial charge in [0, 0.05) is 13.3 Å². The highest BCUT2D eigenvalue weighted by atomic mass is 32.2. The topological polar surface area (TPSA) is 93.0 Å². The summed E-state index contributed by atoms with van der Waals surface area (Å²) < 4.78 is 27.1. The van der Waals surface area contributed by atoms with Crippen LogP contribution >= 0.6 is 0 Å². The van der Waals surface area contributed by atoms with E-state index in [2.05, 4.69) is 9.73 Å². The van der Waals surface area contributed by atoms with E-state index in [0.29, 0.717) is 0 Å². The Kier molecular flexibility index (Phi) is 2.48. The maximum Gasteiger partial charge on any atom is 0.366 e. The van der Waals surface area contributed by atoms with Gasteiger partial charge in [-0.2, -0.15) is 0 Å². The van der Waals surface area contributed by atoms with Crippen molar-refractivity contribution in [2.24, 2.45) is 4.99 Å². The van der Waals surface area contributed by atoms with Crippen LogP contribution in [-0.2, 0) is 19.4 Å². The zero-order chi connectivity index (χ0) is 10.1. The molecule has 13 heavy (non-hydrogen) atoms. The number of carboxylic acids is 1. The molecule has 0 aliphatic carbocycles. The van der Waals surface area contributed by atoms with Gasteiger partial charge in [0.15, 0.2) is 0 Å². The second kappa shape index (κ2) is 3.27.